The highest BCUT2D eigenvalue weighted by Gasteiger charge is 2.50. The molecule has 0 N–H and O–H groups in total. The van der Waals surface area contributed by atoms with Crippen molar-refractivity contribution in [2.45, 2.75) is 49.9 Å². The maximum atomic E-state index is 13.3. The summed E-state index contributed by atoms with van der Waals surface area (Å²) in [5, 5.41) is 4.58. The van der Waals surface area contributed by atoms with Crippen LogP contribution in [0.15, 0.2) is 64.9 Å². The molecule has 2 aromatic heterocycles. The molecule has 3 aromatic rings. The summed E-state index contributed by atoms with van der Waals surface area (Å²) in [7, 11) is 2.27. The molecule has 0 spiro atoms. The first-order valence-electron chi connectivity index (χ1n) is 13.7. The Morgan fingerprint density at radius 3 is 2.61 bits per heavy atom. The number of aromatic nitrogens is 3. The van der Waals surface area contributed by atoms with Gasteiger partial charge < -0.3 is 4.74 Å². The summed E-state index contributed by atoms with van der Waals surface area (Å²) in [6, 6.07) is 8.67. The Morgan fingerprint density at radius 1 is 1.12 bits per heavy atom. The monoisotopic (exact) mass is 583 g/mol. The number of hydrogen-bond acceptors (Lipinski definition) is 6. The van der Waals surface area contributed by atoms with Crippen LogP contribution < -0.4 is 10.2 Å². The van der Waals surface area contributed by atoms with Crippen LogP contribution in [0.3, 0.4) is 0 Å². The van der Waals surface area contributed by atoms with Gasteiger partial charge >= 0.3 is 6.36 Å². The predicted molar refractivity (Wildman–Crippen MR) is 147 cm³/mol. The standard InChI is InChI=1S/C28H29BF3N5O3S/c1-17-25(19-7-10-36(11-8-19)41(38,39)22-6-2-5-21(14-22)40-28(30,31)32)35-27-24(29)16-34-37(27)26(17)23-13-20(23)12-18-4-3-9-33-15-18/h2-6,9,14-17,19-20,23,26H,7-8,10-13H2,1H3. The highest BCUT2D eigenvalue weighted by molar-refractivity contribution is 7.89. The molecule has 4 unspecified atom stereocenters. The molecule has 2 radical (unpaired) electrons. The van der Waals surface area contributed by atoms with Crippen LogP contribution in [0.4, 0.5) is 19.0 Å². The lowest BCUT2D eigenvalue weighted by Gasteiger charge is -2.38. The van der Waals surface area contributed by atoms with E-state index in [-0.39, 0.29) is 35.9 Å². The van der Waals surface area contributed by atoms with Crippen molar-refractivity contribution in [3.8, 4) is 5.75 Å². The Bertz CT molecular complexity index is 1560. The first-order valence-corrected chi connectivity index (χ1v) is 15.1. The van der Waals surface area contributed by atoms with Crippen LogP contribution in [0.25, 0.3) is 0 Å². The normalized spacial score (nSPS) is 25.4. The predicted octanol–water partition coefficient (Wildman–Crippen LogP) is 4.21. The van der Waals surface area contributed by atoms with E-state index in [1.54, 1.807) is 12.4 Å². The number of fused-ring (bicyclic) bond motifs is 1. The van der Waals surface area contributed by atoms with Crippen LogP contribution in [-0.2, 0) is 16.4 Å². The first-order chi connectivity index (χ1) is 19.5. The van der Waals surface area contributed by atoms with Gasteiger partial charge in [0.25, 0.3) is 0 Å². The molecule has 13 heteroatoms. The van der Waals surface area contributed by atoms with Crippen molar-refractivity contribution < 1.29 is 26.3 Å². The minimum absolute atomic E-state index is 0.0532. The molecule has 3 aliphatic rings. The number of aliphatic imine (C=N–C) groups is 1. The van der Waals surface area contributed by atoms with E-state index in [1.165, 1.54) is 22.0 Å². The minimum atomic E-state index is -4.91. The summed E-state index contributed by atoms with van der Waals surface area (Å²) in [5.74, 6) is 1.16. The number of nitrogens with zero attached hydrogens (tertiary/aromatic N) is 5. The van der Waals surface area contributed by atoms with E-state index in [9.17, 15) is 21.6 Å². The van der Waals surface area contributed by atoms with Crippen molar-refractivity contribution in [3.05, 3.63) is 60.6 Å². The summed E-state index contributed by atoms with van der Waals surface area (Å²) in [4.78, 5) is 8.97. The fourth-order valence-electron chi connectivity index (χ4n) is 6.45. The lowest BCUT2D eigenvalue weighted by atomic mass is 9.80. The van der Waals surface area contributed by atoms with Crippen LogP contribution in [-0.4, -0.2) is 60.5 Å². The van der Waals surface area contributed by atoms with E-state index in [2.05, 4.69) is 27.8 Å². The van der Waals surface area contributed by atoms with Crippen molar-refractivity contribution in [1.29, 1.82) is 0 Å². The molecule has 0 bridgehead atoms. The number of halogens is 3. The molecule has 1 aliphatic carbocycles. The van der Waals surface area contributed by atoms with E-state index in [0.29, 0.717) is 36.0 Å². The van der Waals surface area contributed by atoms with Gasteiger partial charge in [0.1, 0.15) is 19.4 Å². The van der Waals surface area contributed by atoms with Gasteiger partial charge in [-0.05, 0) is 66.7 Å². The molecule has 4 heterocycles. The van der Waals surface area contributed by atoms with Gasteiger partial charge in [-0.3, -0.25) is 4.98 Å². The van der Waals surface area contributed by atoms with E-state index in [4.69, 9.17) is 12.8 Å². The molecule has 214 valence electrons. The number of piperidine rings is 1. The van der Waals surface area contributed by atoms with Gasteiger partial charge in [0, 0.05) is 55.3 Å². The third-order valence-electron chi connectivity index (χ3n) is 8.48. The molecule has 1 saturated heterocycles. The van der Waals surface area contributed by atoms with E-state index >= 15 is 0 Å². The molecule has 4 atom stereocenters. The maximum Gasteiger partial charge on any atom is 0.573 e. The Morgan fingerprint density at radius 2 is 1.90 bits per heavy atom. The zero-order valence-electron chi connectivity index (χ0n) is 22.4. The highest BCUT2D eigenvalue weighted by Crippen LogP contribution is 2.53. The van der Waals surface area contributed by atoms with Crippen LogP contribution >= 0.6 is 0 Å². The van der Waals surface area contributed by atoms with Gasteiger partial charge in [-0.2, -0.15) is 9.40 Å². The number of alkyl halides is 3. The third-order valence-corrected chi connectivity index (χ3v) is 10.4. The molecule has 1 saturated carbocycles. The third kappa shape index (κ3) is 5.66. The Labute approximate surface area is 238 Å². The van der Waals surface area contributed by atoms with Crippen molar-refractivity contribution >= 4 is 34.9 Å². The number of benzene rings is 1. The number of pyridine rings is 1. The topological polar surface area (TPSA) is 89.7 Å². The van der Waals surface area contributed by atoms with Crippen molar-refractivity contribution in [1.82, 2.24) is 19.1 Å². The zero-order chi connectivity index (χ0) is 28.9. The largest absolute Gasteiger partial charge is 0.573 e. The summed E-state index contributed by atoms with van der Waals surface area (Å²) >= 11 is 0. The van der Waals surface area contributed by atoms with E-state index < -0.39 is 22.1 Å². The second kappa shape index (κ2) is 10.6. The number of hydrogen-bond donors (Lipinski definition) is 0. The van der Waals surface area contributed by atoms with Crippen LogP contribution in [0.1, 0.15) is 37.8 Å². The van der Waals surface area contributed by atoms with Gasteiger partial charge in [-0.25, -0.2) is 18.1 Å². The van der Waals surface area contributed by atoms with Crippen LogP contribution in [0.5, 0.6) is 5.75 Å². The lowest BCUT2D eigenvalue weighted by Crippen LogP contribution is -2.43. The molecule has 41 heavy (non-hydrogen) atoms. The molecule has 2 aliphatic heterocycles. The van der Waals surface area contributed by atoms with E-state index in [1.807, 2.05) is 16.9 Å². The van der Waals surface area contributed by atoms with Crippen LogP contribution in [0, 0.1) is 23.7 Å². The summed E-state index contributed by atoms with van der Waals surface area (Å²) in [6.45, 7) is 2.63. The van der Waals surface area contributed by atoms with Gasteiger partial charge in [0.2, 0.25) is 10.0 Å². The number of rotatable bonds is 7. The van der Waals surface area contributed by atoms with Gasteiger partial charge in [0.15, 0.2) is 0 Å². The summed E-state index contributed by atoms with van der Waals surface area (Å²) < 4.78 is 71.8. The number of sulfonamides is 1. The lowest BCUT2D eigenvalue weighted by molar-refractivity contribution is -0.274. The second-order valence-corrected chi connectivity index (χ2v) is 13.0. The number of ether oxygens (including phenoxy) is 1. The van der Waals surface area contributed by atoms with Gasteiger partial charge in [-0.15, -0.1) is 13.2 Å². The van der Waals surface area contributed by atoms with Crippen molar-refractivity contribution in [3.63, 3.8) is 0 Å². The molecular formula is C28H29BF3N5O3S. The Kier molecular flexibility index (Phi) is 7.21. The highest BCUT2D eigenvalue weighted by atomic mass is 32.2. The zero-order valence-corrected chi connectivity index (χ0v) is 23.2. The van der Waals surface area contributed by atoms with Crippen molar-refractivity contribution in [2.75, 3.05) is 13.1 Å². The quantitative estimate of drug-likeness (QED) is 0.389. The first kappa shape index (κ1) is 28.0. The Hall–Kier alpha value is -3.19. The minimum Gasteiger partial charge on any atom is -0.406 e. The SMILES string of the molecule is [B]c1cnn2c1N=C(C1CCN(S(=O)(=O)c3cccc(OC(F)(F)F)c3)CC1)C(C)C2C1CC1Cc1cccnc1. The van der Waals surface area contributed by atoms with Crippen molar-refractivity contribution in [2.24, 2.45) is 28.7 Å². The molecular weight excluding hydrogens is 554 g/mol. The summed E-state index contributed by atoms with van der Waals surface area (Å²) in [5.41, 5.74) is 2.74. The molecule has 8 nitrogen and oxygen atoms in total. The fourth-order valence-corrected chi connectivity index (χ4v) is 7.95. The molecule has 6 rings (SSSR count). The average Bonchev–Trinajstić information content (AvgIpc) is 3.59. The van der Waals surface area contributed by atoms with Crippen LogP contribution in [0.2, 0.25) is 0 Å². The smallest absolute Gasteiger partial charge is 0.406 e. The Balaban J connectivity index is 1.17. The van der Waals surface area contributed by atoms with Gasteiger partial charge in [0.05, 0.1) is 10.9 Å². The van der Waals surface area contributed by atoms with E-state index in [0.717, 1.165) is 30.7 Å². The molecule has 1 aromatic carbocycles. The van der Waals surface area contributed by atoms with Gasteiger partial charge in [-0.1, -0.05) is 19.1 Å². The maximum absolute atomic E-state index is 13.3. The molecule has 0 amide bonds. The average molecular weight is 583 g/mol. The molecule has 2 fully saturated rings. The summed E-state index contributed by atoms with van der Waals surface area (Å²) in [6.07, 6.45) is 3.53. The fraction of sp³-hybridized carbons (Fsp3) is 0.464. The second-order valence-electron chi connectivity index (χ2n) is 11.1.